The molecule has 0 saturated heterocycles. The standard InChI is InChI=1S/C13H15N3O2/c1-4-11-12(13(17)18-3)14-15-16(11)10-7-5-6-9(2)8-10/h5-8H,4H2,1-3H3. The molecule has 5 nitrogen and oxygen atoms in total. The molecule has 0 spiro atoms. The van der Waals surface area contributed by atoms with E-state index in [1.54, 1.807) is 4.68 Å². The maximum Gasteiger partial charge on any atom is 0.360 e. The van der Waals surface area contributed by atoms with Gasteiger partial charge in [0.1, 0.15) is 0 Å². The minimum atomic E-state index is -0.453. The van der Waals surface area contributed by atoms with Gasteiger partial charge in [-0.25, -0.2) is 9.48 Å². The first-order chi connectivity index (χ1) is 8.67. The van der Waals surface area contributed by atoms with Crippen molar-refractivity contribution in [2.75, 3.05) is 7.11 Å². The van der Waals surface area contributed by atoms with E-state index in [9.17, 15) is 4.79 Å². The molecule has 1 aromatic carbocycles. The predicted octanol–water partition coefficient (Wildman–Crippen LogP) is 1.92. The molecule has 0 aliphatic carbocycles. The molecule has 0 amide bonds. The zero-order valence-electron chi connectivity index (χ0n) is 10.7. The number of nitrogens with zero attached hydrogens (tertiary/aromatic N) is 3. The van der Waals surface area contributed by atoms with Gasteiger partial charge >= 0.3 is 5.97 Å². The third kappa shape index (κ3) is 2.11. The maximum absolute atomic E-state index is 11.6. The van der Waals surface area contributed by atoms with Crippen LogP contribution in [-0.2, 0) is 11.2 Å². The summed E-state index contributed by atoms with van der Waals surface area (Å²) in [7, 11) is 1.34. The molecule has 1 heterocycles. The minimum Gasteiger partial charge on any atom is -0.464 e. The maximum atomic E-state index is 11.6. The van der Waals surface area contributed by atoms with E-state index in [1.165, 1.54) is 7.11 Å². The molecule has 18 heavy (non-hydrogen) atoms. The van der Waals surface area contributed by atoms with Gasteiger partial charge in [-0.15, -0.1) is 5.10 Å². The fourth-order valence-electron chi connectivity index (χ4n) is 1.84. The van der Waals surface area contributed by atoms with Crippen molar-refractivity contribution in [3.63, 3.8) is 0 Å². The molecule has 2 rings (SSSR count). The van der Waals surface area contributed by atoms with Gasteiger partial charge < -0.3 is 4.74 Å². The largest absolute Gasteiger partial charge is 0.464 e. The normalized spacial score (nSPS) is 10.4. The van der Waals surface area contributed by atoms with Crippen LogP contribution in [0.5, 0.6) is 0 Å². The zero-order chi connectivity index (χ0) is 13.1. The second kappa shape index (κ2) is 5.00. The average Bonchev–Trinajstić information content (AvgIpc) is 2.81. The van der Waals surface area contributed by atoms with Gasteiger partial charge in [-0.3, -0.25) is 0 Å². The van der Waals surface area contributed by atoms with Crippen LogP contribution in [0.2, 0.25) is 0 Å². The Balaban J connectivity index is 2.52. The van der Waals surface area contributed by atoms with Gasteiger partial charge in [-0.1, -0.05) is 24.3 Å². The smallest absolute Gasteiger partial charge is 0.360 e. The number of aryl methyl sites for hydroxylation is 1. The SMILES string of the molecule is CCc1c(C(=O)OC)nnn1-c1cccc(C)c1. The second-order valence-corrected chi connectivity index (χ2v) is 3.98. The Labute approximate surface area is 105 Å². The number of methoxy groups -OCH3 is 1. The molecule has 2 aromatic rings. The molecule has 1 aromatic heterocycles. The summed E-state index contributed by atoms with van der Waals surface area (Å²) >= 11 is 0. The molecule has 0 N–H and O–H groups in total. The molecule has 0 aliphatic heterocycles. The summed E-state index contributed by atoms with van der Waals surface area (Å²) in [5, 5.41) is 7.94. The van der Waals surface area contributed by atoms with E-state index >= 15 is 0 Å². The fraction of sp³-hybridized carbons (Fsp3) is 0.308. The Morgan fingerprint density at radius 1 is 1.44 bits per heavy atom. The topological polar surface area (TPSA) is 57.0 Å². The van der Waals surface area contributed by atoms with Crippen LogP contribution in [0.3, 0.4) is 0 Å². The number of aromatic nitrogens is 3. The van der Waals surface area contributed by atoms with Crippen molar-refractivity contribution in [1.82, 2.24) is 15.0 Å². The van der Waals surface area contributed by atoms with Crippen LogP contribution in [0.25, 0.3) is 5.69 Å². The van der Waals surface area contributed by atoms with Crippen LogP contribution in [0.15, 0.2) is 24.3 Å². The first kappa shape index (κ1) is 12.3. The number of carbonyl (C=O) groups excluding carboxylic acids is 1. The van der Waals surface area contributed by atoms with Gasteiger partial charge in [0.05, 0.1) is 18.5 Å². The highest BCUT2D eigenvalue weighted by Gasteiger charge is 2.19. The number of esters is 1. The highest BCUT2D eigenvalue weighted by Crippen LogP contribution is 2.15. The van der Waals surface area contributed by atoms with E-state index in [1.807, 2.05) is 38.1 Å². The molecule has 0 bridgehead atoms. The monoisotopic (exact) mass is 245 g/mol. The highest BCUT2D eigenvalue weighted by molar-refractivity contribution is 5.88. The molecular weight excluding hydrogens is 230 g/mol. The molecule has 5 heteroatoms. The van der Waals surface area contributed by atoms with Crippen LogP contribution in [-0.4, -0.2) is 28.1 Å². The Kier molecular flexibility index (Phi) is 3.41. The van der Waals surface area contributed by atoms with Gasteiger partial charge in [0, 0.05) is 0 Å². The van der Waals surface area contributed by atoms with E-state index in [-0.39, 0.29) is 5.69 Å². The molecule has 0 unspecified atom stereocenters. The van der Waals surface area contributed by atoms with Crippen LogP contribution in [0.1, 0.15) is 28.7 Å². The number of hydrogen-bond donors (Lipinski definition) is 0. The summed E-state index contributed by atoms with van der Waals surface area (Å²) < 4.78 is 6.38. The Bertz CT molecular complexity index is 575. The zero-order valence-corrected chi connectivity index (χ0v) is 10.7. The van der Waals surface area contributed by atoms with E-state index in [0.29, 0.717) is 6.42 Å². The van der Waals surface area contributed by atoms with Crippen LogP contribution in [0, 0.1) is 6.92 Å². The lowest BCUT2D eigenvalue weighted by atomic mass is 10.2. The summed E-state index contributed by atoms with van der Waals surface area (Å²) in [5.41, 5.74) is 3.06. The van der Waals surface area contributed by atoms with Crippen LogP contribution >= 0.6 is 0 Å². The summed E-state index contributed by atoms with van der Waals surface area (Å²) in [6, 6.07) is 7.88. The van der Waals surface area contributed by atoms with E-state index in [0.717, 1.165) is 16.9 Å². The predicted molar refractivity (Wildman–Crippen MR) is 66.8 cm³/mol. The summed E-state index contributed by atoms with van der Waals surface area (Å²) in [6.45, 7) is 3.96. The van der Waals surface area contributed by atoms with Crippen molar-refractivity contribution >= 4 is 5.97 Å². The van der Waals surface area contributed by atoms with E-state index in [4.69, 9.17) is 4.74 Å². The number of carbonyl (C=O) groups is 1. The second-order valence-electron chi connectivity index (χ2n) is 3.98. The van der Waals surface area contributed by atoms with Crippen molar-refractivity contribution in [1.29, 1.82) is 0 Å². The average molecular weight is 245 g/mol. The summed E-state index contributed by atoms with van der Waals surface area (Å²) in [6.07, 6.45) is 0.658. The number of benzene rings is 1. The Morgan fingerprint density at radius 3 is 2.83 bits per heavy atom. The first-order valence-corrected chi connectivity index (χ1v) is 5.77. The third-order valence-electron chi connectivity index (χ3n) is 2.72. The van der Waals surface area contributed by atoms with E-state index in [2.05, 4.69) is 10.3 Å². The Hall–Kier alpha value is -2.17. The lowest BCUT2D eigenvalue weighted by Crippen LogP contribution is -2.08. The molecule has 94 valence electrons. The van der Waals surface area contributed by atoms with Crippen molar-refractivity contribution in [3.8, 4) is 5.69 Å². The van der Waals surface area contributed by atoms with Crippen LogP contribution < -0.4 is 0 Å². The fourth-order valence-corrected chi connectivity index (χ4v) is 1.84. The van der Waals surface area contributed by atoms with Gasteiger partial charge in [0.2, 0.25) is 0 Å². The highest BCUT2D eigenvalue weighted by atomic mass is 16.5. The molecular formula is C13H15N3O2. The lowest BCUT2D eigenvalue weighted by molar-refractivity contribution is 0.0592. The molecule has 0 fully saturated rings. The van der Waals surface area contributed by atoms with Crippen LogP contribution in [0.4, 0.5) is 0 Å². The number of hydrogen-bond acceptors (Lipinski definition) is 4. The van der Waals surface area contributed by atoms with Crippen molar-refractivity contribution in [3.05, 3.63) is 41.2 Å². The molecule has 0 aliphatic rings. The quantitative estimate of drug-likeness (QED) is 0.775. The Morgan fingerprint density at radius 2 is 2.22 bits per heavy atom. The molecule has 0 atom stereocenters. The molecule has 0 radical (unpaired) electrons. The first-order valence-electron chi connectivity index (χ1n) is 5.77. The summed E-state index contributed by atoms with van der Waals surface area (Å²) in [5.74, 6) is -0.453. The van der Waals surface area contributed by atoms with Crippen molar-refractivity contribution < 1.29 is 9.53 Å². The lowest BCUT2D eigenvalue weighted by Gasteiger charge is -2.06. The summed E-state index contributed by atoms with van der Waals surface area (Å²) in [4.78, 5) is 11.6. The third-order valence-corrected chi connectivity index (χ3v) is 2.72. The van der Waals surface area contributed by atoms with Gasteiger partial charge in [0.15, 0.2) is 5.69 Å². The number of rotatable bonds is 3. The van der Waals surface area contributed by atoms with Gasteiger partial charge in [0.25, 0.3) is 0 Å². The van der Waals surface area contributed by atoms with Gasteiger partial charge in [-0.2, -0.15) is 0 Å². The number of ether oxygens (including phenoxy) is 1. The van der Waals surface area contributed by atoms with E-state index < -0.39 is 5.97 Å². The van der Waals surface area contributed by atoms with Crippen molar-refractivity contribution in [2.24, 2.45) is 0 Å². The van der Waals surface area contributed by atoms with Crippen molar-refractivity contribution in [2.45, 2.75) is 20.3 Å². The van der Waals surface area contributed by atoms with Gasteiger partial charge in [-0.05, 0) is 31.0 Å². The molecule has 0 saturated carbocycles. The minimum absolute atomic E-state index is 0.279.